The Labute approximate surface area is 233 Å². The summed E-state index contributed by atoms with van der Waals surface area (Å²) in [5.41, 5.74) is 2.74. The first-order chi connectivity index (χ1) is 18.5. The quantitative estimate of drug-likeness (QED) is 0.310. The molecule has 0 bridgehead atoms. The summed E-state index contributed by atoms with van der Waals surface area (Å²) >= 11 is 0. The zero-order valence-electron chi connectivity index (χ0n) is 24.0. The highest BCUT2D eigenvalue weighted by Gasteiger charge is 2.64. The fourth-order valence-electron chi connectivity index (χ4n) is 6.47. The third kappa shape index (κ3) is 4.10. The molecule has 3 aliphatic carbocycles. The lowest BCUT2D eigenvalue weighted by atomic mass is 9.57. The van der Waals surface area contributed by atoms with Crippen molar-refractivity contribution in [2.75, 3.05) is 28.3 Å². The minimum atomic E-state index is -2.67. The maximum Gasteiger partial charge on any atom is 0.255 e. The van der Waals surface area contributed by atoms with E-state index in [9.17, 15) is 34.8 Å². The third-order valence-electron chi connectivity index (χ3n) is 9.26. The van der Waals surface area contributed by atoms with Crippen LogP contribution in [0.25, 0.3) is 5.76 Å². The minimum absolute atomic E-state index is 0.00861. The summed E-state index contributed by atoms with van der Waals surface area (Å²) < 4.78 is 5.79. The van der Waals surface area contributed by atoms with Gasteiger partial charge < -0.3 is 30.9 Å². The number of nitrogens with two attached hydrogens (primary N) is 1. The number of fused-ring (bicyclic) bond motifs is 3. The zero-order chi connectivity index (χ0) is 30.1. The van der Waals surface area contributed by atoms with Crippen molar-refractivity contribution in [2.45, 2.75) is 63.8 Å². The fraction of sp³-hybridized carbons (Fsp3) is 0.552. The van der Waals surface area contributed by atoms with Crippen molar-refractivity contribution in [3.05, 3.63) is 39.7 Å². The number of phenolic OH excluding ortho intramolecular Hbond substituents is 1. The molecule has 0 aromatic heterocycles. The Kier molecular flexibility index (Phi) is 7.32. The Morgan fingerprint density at radius 3 is 2.35 bits per heavy atom. The van der Waals surface area contributed by atoms with Gasteiger partial charge in [-0.25, -0.2) is 0 Å². The first-order valence-corrected chi connectivity index (χ1v) is 13.3. The second-order valence-corrected chi connectivity index (χ2v) is 11.9. The number of amides is 1. The van der Waals surface area contributed by atoms with Crippen molar-refractivity contribution in [2.24, 2.45) is 17.6 Å². The molecule has 4 rings (SSSR count). The van der Waals surface area contributed by atoms with E-state index in [4.69, 9.17) is 10.5 Å². The number of aliphatic hydroxyl groups is 3. The predicted molar refractivity (Wildman–Crippen MR) is 147 cm³/mol. The van der Waals surface area contributed by atoms with E-state index in [2.05, 4.69) is 25.7 Å². The van der Waals surface area contributed by atoms with Crippen molar-refractivity contribution in [3.63, 3.8) is 0 Å². The predicted octanol–water partition coefficient (Wildman–Crippen LogP) is 1.59. The fourth-order valence-corrected chi connectivity index (χ4v) is 6.47. The average Bonchev–Trinajstić information content (AvgIpc) is 2.85. The number of Topliss-reactive ketones (excluding diaryl/α,β-unsaturated/α-hetero) is 2. The molecular weight excluding hydrogens is 518 g/mol. The first-order valence-electron chi connectivity index (χ1n) is 13.3. The lowest BCUT2D eigenvalue weighted by Crippen LogP contribution is -2.65. The number of carbonyl (C=O) groups is 3. The SMILES string of the molecule is CCC(C)(C)N(C)Cc1cc(O)c2c(c1OC)C[C@H]1C[C@H]3[C@H](N(C)C)C(=O)C(C(N)=O)=C(O)[C@@]3(O)C(=O)C1=C2O. The second kappa shape index (κ2) is 9.90. The van der Waals surface area contributed by atoms with E-state index in [1.54, 1.807) is 14.1 Å². The summed E-state index contributed by atoms with van der Waals surface area (Å²) in [6, 6.07) is 0.357. The van der Waals surface area contributed by atoms with E-state index in [1.807, 2.05) is 7.05 Å². The van der Waals surface area contributed by atoms with Crippen molar-refractivity contribution in [1.29, 1.82) is 0 Å². The van der Waals surface area contributed by atoms with Gasteiger partial charge in [0.2, 0.25) is 5.78 Å². The number of carbonyl (C=O) groups excluding carboxylic acids is 3. The Hall–Kier alpha value is -3.41. The van der Waals surface area contributed by atoms with Gasteiger partial charge in [-0.2, -0.15) is 0 Å². The van der Waals surface area contributed by atoms with Crippen LogP contribution in [0, 0.1) is 11.8 Å². The van der Waals surface area contributed by atoms with E-state index in [0.29, 0.717) is 23.4 Å². The highest BCUT2D eigenvalue weighted by Crippen LogP contribution is 2.54. The molecule has 0 unspecified atom stereocenters. The number of likely N-dealkylation sites (N-methyl/N-ethyl adjacent to an activating group) is 1. The van der Waals surface area contributed by atoms with Gasteiger partial charge in [0.25, 0.3) is 5.91 Å². The number of ketones is 2. The monoisotopic (exact) mass is 557 g/mol. The standard InChI is InChI=1S/C29H39N3O8/c1-8-28(2,3)32(6)12-14-11-17(33)19-15(24(14)40-7)9-13-10-16-21(31(4)5)23(35)20(27(30)38)26(37)29(16,39)25(36)18(13)22(19)34/h11,13,16,21,33-34,37,39H,8-10,12H2,1-7H3,(H2,30,38)/t13-,16-,21-,29-/m0/s1. The topological polar surface area (TPSA) is 174 Å². The number of aromatic hydroxyl groups is 1. The summed E-state index contributed by atoms with van der Waals surface area (Å²) in [6.45, 7) is 6.74. The summed E-state index contributed by atoms with van der Waals surface area (Å²) in [5, 5.41) is 45.2. The Morgan fingerprint density at radius 2 is 1.82 bits per heavy atom. The van der Waals surface area contributed by atoms with E-state index in [-0.39, 0.29) is 35.3 Å². The van der Waals surface area contributed by atoms with Crippen LogP contribution in [0.5, 0.6) is 11.5 Å². The molecule has 1 aromatic carbocycles. The van der Waals surface area contributed by atoms with Gasteiger partial charge in [-0.1, -0.05) is 6.92 Å². The van der Waals surface area contributed by atoms with Crippen molar-refractivity contribution >= 4 is 23.2 Å². The van der Waals surface area contributed by atoms with Crippen LogP contribution in [-0.2, 0) is 27.3 Å². The van der Waals surface area contributed by atoms with Crippen LogP contribution < -0.4 is 10.5 Å². The highest BCUT2D eigenvalue weighted by atomic mass is 16.5. The highest BCUT2D eigenvalue weighted by molar-refractivity contribution is 6.24. The number of phenols is 1. The van der Waals surface area contributed by atoms with Gasteiger partial charge >= 0.3 is 0 Å². The molecule has 0 aliphatic heterocycles. The summed E-state index contributed by atoms with van der Waals surface area (Å²) in [6.07, 6.45) is 1.07. The first kappa shape index (κ1) is 29.6. The molecule has 218 valence electrons. The molecule has 0 radical (unpaired) electrons. The van der Waals surface area contributed by atoms with Gasteiger partial charge in [-0.3, -0.25) is 24.2 Å². The van der Waals surface area contributed by atoms with Gasteiger partial charge in [0, 0.05) is 34.7 Å². The lowest BCUT2D eigenvalue weighted by Gasteiger charge is -2.50. The Bertz CT molecular complexity index is 1360. The number of nitrogens with zero attached hydrogens (tertiary/aromatic N) is 2. The molecule has 3 aliphatic rings. The minimum Gasteiger partial charge on any atom is -0.508 e. The maximum atomic E-state index is 13.9. The van der Waals surface area contributed by atoms with Crippen LogP contribution in [0.4, 0.5) is 0 Å². The average molecular weight is 558 g/mol. The smallest absolute Gasteiger partial charge is 0.255 e. The molecule has 1 amide bonds. The molecule has 1 saturated carbocycles. The number of hydrogen-bond donors (Lipinski definition) is 5. The third-order valence-corrected chi connectivity index (χ3v) is 9.26. The van der Waals surface area contributed by atoms with Gasteiger partial charge in [0.05, 0.1) is 18.7 Å². The molecule has 0 heterocycles. The van der Waals surface area contributed by atoms with E-state index >= 15 is 0 Å². The van der Waals surface area contributed by atoms with E-state index < -0.39 is 58.0 Å². The summed E-state index contributed by atoms with van der Waals surface area (Å²) in [5.74, 6) is -6.35. The van der Waals surface area contributed by atoms with Crippen LogP contribution in [0.2, 0.25) is 0 Å². The maximum absolute atomic E-state index is 13.9. The van der Waals surface area contributed by atoms with Crippen LogP contribution in [0.3, 0.4) is 0 Å². The number of ether oxygens (including phenoxy) is 1. The van der Waals surface area contributed by atoms with E-state index in [0.717, 1.165) is 6.42 Å². The molecule has 0 spiro atoms. The van der Waals surface area contributed by atoms with Gasteiger partial charge in [0.15, 0.2) is 11.4 Å². The van der Waals surface area contributed by atoms with Crippen molar-refractivity contribution in [3.8, 4) is 11.5 Å². The molecular formula is C29H39N3O8. The lowest BCUT2D eigenvalue weighted by molar-refractivity contribution is -0.153. The number of benzene rings is 1. The van der Waals surface area contributed by atoms with Gasteiger partial charge in [-0.05, 0) is 66.2 Å². The molecule has 6 N–H and O–H groups in total. The van der Waals surface area contributed by atoms with Crippen LogP contribution in [0.15, 0.2) is 23.0 Å². The molecule has 11 heteroatoms. The molecule has 4 atom stereocenters. The number of aliphatic hydroxyl groups excluding tert-OH is 2. The zero-order valence-corrected chi connectivity index (χ0v) is 24.0. The Morgan fingerprint density at radius 1 is 1.20 bits per heavy atom. The molecule has 1 aromatic rings. The van der Waals surface area contributed by atoms with Crippen molar-refractivity contribution in [1.82, 2.24) is 9.80 Å². The van der Waals surface area contributed by atoms with Gasteiger partial charge in [-0.15, -0.1) is 0 Å². The molecule has 1 fully saturated rings. The number of primary amides is 1. The number of hydrogen-bond acceptors (Lipinski definition) is 10. The normalized spacial score (nSPS) is 26.7. The molecule has 0 saturated heterocycles. The molecule has 11 nitrogen and oxygen atoms in total. The van der Waals surface area contributed by atoms with Crippen molar-refractivity contribution < 1.29 is 39.5 Å². The van der Waals surface area contributed by atoms with Crippen LogP contribution in [0.1, 0.15) is 50.3 Å². The summed E-state index contributed by atoms with van der Waals surface area (Å²) in [7, 11) is 6.60. The van der Waals surface area contributed by atoms with Crippen LogP contribution in [-0.4, -0.2) is 93.1 Å². The molecule has 40 heavy (non-hydrogen) atoms. The largest absolute Gasteiger partial charge is 0.508 e. The van der Waals surface area contributed by atoms with Gasteiger partial charge in [0.1, 0.15) is 28.6 Å². The number of methoxy groups -OCH3 is 1. The second-order valence-electron chi connectivity index (χ2n) is 11.9. The number of rotatable bonds is 7. The summed E-state index contributed by atoms with van der Waals surface area (Å²) in [4.78, 5) is 42.9. The Balaban J connectivity index is 1.91. The van der Waals surface area contributed by atoms with E-state index in [1.165, 1.54) is 18.1 Å². The van der Waals surface area contributed by atoms with Crippen LogP contribution >= 0.6 is 0 Å².